The Morgan fingerprint density at radius 2 is 1.48 bits per heavy atom. The summed E-state index contributed by atoms with van der Waals surface area (Å²) in [4.78, 5) is 28.1. The number of nitrogens with zero attached hydrogens (tertiary/aromatic N) is 5. The molecule has 2 saturated heterocycles. The number of fused-ring (bicyclic) bond motifs is 1. The van der Waals surface area contributed by atoms with Crippen LogP contribution in [0, 0.1) is 0 Å². The molecular formula is C17H25N5O. The fraction of sp³-hybridized carbons (Fsp3) is 0.706. The Bertz CT molecular complexity index is 578. The zero-order chi connectivity index (χ0) is 15.6. The van der Waals surface area contributed by atoms with E-state index in [0.29, 0.717) is 0 Å². The lowest BCUT2D eigenvalue weighted by atomic mass is 10.1. The number of anilines is 1. The second-order valence-electron chi connectivity index (χ2n) is 6.78. The molecule has 124 valence electrons. The van der Waals surface area contributed by atoms with Crippen molar-refractivity contribution in [2.75, 3.05) is 44.2 Å². The number of hydrogen-bond acceptors (Lipinski definition) is 4. The molecule has 4 heterocycles. The average Bonchev–Trinajstić information content (AvgIpc) is 3.24. The largest absolute Gasteiger partial charge is 0.356 e. The van der Waals surface area contributed by atoms with Crippen molar-refractivity contribution in [3.63, 3.8) is 0 Å². The van der Waals surface area contributed by atoms with Crippen LogP contribution in [-0.4, -0.2) is 65.1 Å². The molecule has 3 aliphatic heterocycles. The van der Waals surface area contributed by atoms with Crippen LogP contribution in [0.25, 0.3) is 0 Å². The molecule has 0 radical (unpaired) electrons. The van der Waals surface area contributed by atoms with Gasteiger partial charge in [-0.2, -0.15) is 0 Å². The zero-order valence-electron chi connectivity index (χ0n) is 13.7. The Morgan fingerprint density at radius 1 is 0.826 bits per heavy atom. The minimum atomic E-state index is 0.214. The lowest BCUT2D eigenvalue weighted by Gasteiger charge is -2.26. The van der Waals surface area contributed by atoms with Gasteiger partial charge in [0, 0.05) is 51.3 Å². The van der Waals surface area contributed by atoms with Gasteiger partial charge < -0.3 is 14.7 Å². The lowest BCUT2D eigenvalue weighted by molar-refractivity contribution is 0.164. The standard InChI is InChI=1S/C17H25N5O/c23-17(21-9-3-4-10-21)22-11-5-14-15(6-12-22)18-13-19-16(14)20-7-1-2-8-20/h13H,1-12H2. The predicted octanol–water partition coefficient (Wildman–Crippen LogP) is 1.69. The number of likely N-dealkylation sites (tertiary alicyclic amines) is 1. The van der Waals surface area contributed by atoms with Crippen LogP contribution in [0.15, 0.2) is 6.33 Å². The molecule has 1 aromatic rings. The van der Waals surface area contributed by atoms with Crippen molar-refractivity contribution in [2.45, 2.75) is 38.5 Å². The summed E-state index contributed by atoms with van der Waals surface area (Å²) < 4.78 is 0. The maximum absolute atomic E-state index is 12.7. The van der Waals surface area contributed by atoms with Gasteiger partial charge in [0.25, 0.3) is 0 Å². The van der Waals surface area contributed by atoms with Gasteiger partial charge in [-0.3, -0.25) is 0 Å². The topological polar surface area (TPSA) is 52.6 Å². The van der Waals surface area contributed by atoms with Gasteiger partial charge in [0.1, 0.15) is 12.1 Å². The Morgan fingerprint density at radius 3 is 2.26 bits per heavy atom. The Labute approximate surface area is 137 Å². The van der Waals surface area contributed by atoms with Crippen LogP contribution in [0.3, 0.4) is 0 Å². The van der Waals surface area contributed by atoms with Crippen LogP contribution in [-0.2, 0) is 12.8 Å². The highest BCUT2D eigenvalue weighted by Crippen LogP contribution is 2.26. The SMILES string of the molecule is O=C(N1CCCC1)N1CCc2ncnc(N3CCCC3)c2CC1. The number of rotatable bonds is 1. The maximum Gasteiger partial charge on any atom is 0.320 e. The Hall–Kier alpha value is -1.85. The van der Waals surface area contributed by atoms with E-state index in [-0.39, 0.29) is 6.03 Å². The smallest absolute Gasteiger partial charge is 0.320 e. The molecule has 6 heteroatoms. The third-order valence-electron chi connectivity index (χ3n) is 5.31. The average molecular weight is 315 g/mol. The van der Waals surface area contributed by atoms with E-state index in [1.54, 1.807) is 6.33 Å². The van der Waals surface area contributed by atoms with E-state index in [9.17, 15) is 4.79 Å². The molecule has 0 N–H and O–H groups in total. The molecule has 0 saturated carbocycles. The van der Waals surface area contributed by atoms with Gasteiger partial charge in [0.15, 0.2) is 0 Å². The third kappa shape index (κ3) is 2.86. The highest BCUT2D eigenvalue weighted by atomic mass is 16.2. The number of carbonyl (C=O) groups excluding carboxylic acids is 1. The number of amides is 2. The monoisotopic (exact) mass is 315 g/mol. The molecule has 6 nitrogen and oxygen atoms in total. The van der Waals surface area contributed by atoms with E-state index in [1.807, 2.05) is 9.80 Å². The number of carbonyl (C=O) groups is 1. The molecule has 0 atom stereocenters. The molecule has 1 aromatic heterocycles. The van der Waals surface area contributed by atoms with Gasteiger partial charge in [-0.05, 0) is 32.1 Å². The first kappa shape index (κ1) is 14.7. The maximum atomic E-state index is 12.7. The summed E-state index contributed by atoms with van der Waals surface area (Å²) in [5, 5.41) is 0. The third-order valence-corrected chi connectivity index (χ3v) is 5.31. The van der Waals surface area contributed by atoms with Gasteiger partial charge in [0.2, 0.25) is 0 Å². The summed E-state index contributed by atoms with van der Waals surface area (Å²) in [5.41, 5.74) is 2.41. The molecule has 23 heavy (non-hydrogen) atoms. The normalized spacial score (nSPS) is 21.5. The van der Waals surface area contributed by atoms with Crippen LogP contribution in [0.2, 0.25) is 0 Å². The summed E-state index contributed by atoms with van der Waals surface area (Å²) in [6, 6.07) is 0.214. The number of urea groups is 1. The van der Waals surface area contributed by atoms with Crippen LogP contribution in [0.4, 0.5) is 10.6 Å². The van der Waals surface area contributed by atoms with Gasteiger partial charge in [-0.15, -0.1) is 0 Å². The second-order valence-corrected chi connectivity index (χ2v) is 6.78. The van der Waals surface area contributed by atoms with Crippen LogP contribution in [0.1, 0.15) is 36.9 Å². The van der Waals surface area contributed by atoms with E-state index in [2.05, 4.69) is 14.9 Å². The molecule has 0 spiro atoms. The molecule has 2 fully saturated rings. The minimum Gasteiger partial charge on any atom is -0.356 e. The van der Waals surface area contributed by atoms with Crippen molar-refractivity contribution in [1.29, 1.82) is 0 Å². The molecule has 0 bridgehead atoms. The molecule has 2 amide bonds. The van der Waals surface area contributed by atoms with Gasteiger partial charge in [-0.1, -0.05) is 0 Å². The van der Waals surface area contributed by atoms with Gasteiger partial charge in [-0.25, -0.2) is 14.8 Å². The summed E-state index contributed by atoms with van der Waals surface area (Å²) in [6.45, 7) is 5.59. The first-order chi connectivity index (χ1) is 11.3. The highest BCUT2D eigenvalue weighted by Gasteiger charge is 2.28. The molecule has 4 rings (SSSR count). The van der Waals surface area contributed by atoms with Crippen molar-refractivity contribution >= 4 is 11.8 Å². The van der Waals surface area contributed by atoms with Gasteiger partial charge >= 0.3 is 6.03 Å². The summed E-state index contributed by atoms with van der Waals surface area (Å²) in [7, 11) is 0. The summed E-state index contributed by atoms with van der Waals surface area (Å²) in [6.07, 6.45) is 8.20. The molecule has 0 unspecified atom stereocenters. The molecule has 0 aliphatic carbocycles. The molecule has 0 aromatic carbocycles. The van der Waals surface area contributed by atoms with Crippen molar-refractivity contribution < 1.29 is 4.79 Å². The minimum absolute atomic E-state index is 0.214. The zero-order valence-corrected chi connectivity index (χ0v) is 13.7. The fourth-order valence-corrected chi connectivity index (χ4v) is 4.01. The number of aromatic nitrogens is 2. The lowest BCUT2D eigenvalue weighted by Crippen LogP contribution is -2.43. The predicted molar refractivity (Wildman–Crippen MR) is 88.7 cm³/mol. The van der Waals surface area contributed by atoms with E-state index in [0.717, 1.165) is 76.5 Å². The van der Waals surface area contributed by atoms with E-state index < -0.39 is 0 Å². The van der Waals surface area contributed by atoms with Crippen LogP contribution >= 0.6 is 0 Å². The van der Waals surface area contributed by atoms with E-state index >= 15 is 0 Å². The first-order valence-corrected chi connectivity index (χ1v) is 8.94. The first-order valence-electron chi connectivity index (χ1n) is 8.94. The molecular weight excluding hydrogens is 290 g/mol. The van der Waals surface area contributed by atoms with Crippen LogP contribution < -0.4 is 4.90 Å². The van der Waals surface area contributed by atoms with E-state index in [4.69, 9.17) is 0 Å². The second kappa shape index (κ2) is 6.34. The highest BCUT2D eigenvalue weighted by molar-refractivity contribution is 5.75. The number of hydrogen-bond donors (Lipinski definition) is 0. The Kier molecular flexibility index (Phi) is 4.06. The van der Waals surface area contributed by atoms with Crippen molar-refractivity contribution in [3.05, 3.63) is 17.6 Å². The quantitative estimate of drug-likeness (QED) is 0.791. The van der Waals surface area contributed by atoms with Crippen molar-refractivity contribution in [1.82, 2.24) is 19.8 Å². The summed E-state index contributed by atoms with van der Waals surface area (Å²) >= 11 is 0. The van der Waals surface area contributed by atoms with Crippen molar-refractivity contribution in [2.24, 2.45) is 0 Å². The van der Waals surface area contributed by atoms with Crippen molar-refractivity contribution in [3.8, 4) is 0 Å². The van der Waals surface area contributed by atoms with Gasteiger partial charge in [0.05, 0.1) is 5.69 Å². The molecule has 3 aliphatic rings. The van der Waals surface area contributed by atoms with E-state index in [1.165, 1.54) is 18.4 Å². The summed E-state index contributed by atoms with van der Waals surface area (Å²) in [5.74, 6) is 1.11. The Balaban J connectivity index is 1.52. The van der Waals surface area contributed by atoms with Crippen LogP contribution in [0.5, 0.6) is 0 Å². The fourth-order valence-electron chi connectivity index (χ4n) is 4.01.